The second-order valence-corrected chi connectivity index (χ2v) is 4.43. The second-order valence-electron chi connectivity index (χ2n) is 4.43. The molecule has 102 valence electrons. The lowest BCUT2D eigenvalue weighted by Gasteiger charge is -2.11. The third-order valence-corrected chi connectivity index (χ3v) is 1.93. The van der Waals surface area contributed by atoms with E-state index in [0.717, 1.165) is 13.0 Å². The standard InChI is InChI=1S/C11H21N5O2/c1-8(2)18-11-14-9(12)13-10(15-11)17-7-5-6-16(3)4/h8H,5-7H2,1-4H3,(H2,12,13,14,15). The molecular weight excluding hydrogens is 234 g/mol. The molecule has 0 aromatic carbocycles. The van der Waals surface area contributed by atoms with E-state index in [1.165, 1.54) is 0 Å². The van der Waals surface area contributed by atoms with Gasteiger partial charge in [0, 0.05) is 6.54 Å². The molecule has 1 rings (SSSR count). The van der Waals surface area contributed by atoms with Crippen molar-refractivity contribution in [3.05, 3.63) is 0 Å². The number of nitrogens with zero attached hydrogens (tertiary/aromatic N) is 4. The molecule has 0 amide bonds. The zero-order chi connectivity index (χ0) is 13.5. The van der Waals surface area contributed by atoms with Crippen molar-refractivity contribution >= 4 is 5.95 Å². The van der Waals surface area contributed by atoms with Crippen LogP contribution in [0.2, 0.25) is 0 Å². The van der Waals surface area contributed by atoms with Crippen LogP contribution in [-0.4, -0.2) is 53.2 Å². The van der Waals surface area contributed by atoms with Crippen LogP contribution in [0.1, 0.15) is 20.3 Å². The molecule has 1 aromatic heterocycles. The van der Waals surface area contributed by atoms with Gasteiger partial charge in [-0.15, -0.1) is 4.98 Å². The third kappa shape index (κ3) is 5.62. The van der Waals surface area contributed by atoms with Crippen molar-refractivity contribution in [1.29, 1.82) is 0 Å². The Kier molecular flexibility index (Phi) is 5.57. The van der Waals surface area contributed by atoms with E-state index in [1.54, 1.807) is 0 Å². The average Bonchev–Trinajstić information content (AvgIpc) is 2.22. The molecule has 0 fully saturated rings. The lowest BCUT2D eigenvalue weighted by atomic mass is 10.4. The molecule has 0 aliphatic heterocycles. The molecule has 0 spiro atoms. The van der Waals surface area contributed by atoms with Crippen molar-refractivity contribution in [1.82, 2.24) is 19.9 Å². The van der Waals surface area contributed by atoms with Crippen LogP contribution < -0.4 is 15.2 Å². The highest BCUT2D eigenvalue weighted by molar-refractivity contribution is 5.20. The Labute approximate surface area is 107 Å². The van der Waals surface area contributed by atoms with Crippen molar-refractivity contribution in [2.45, 2.75) is 26.4 Å². The van der Waals surface area contributed by atoms with Gasteiger partial charge in [-0.3, -0.25) is 0 Å². The van der Waals surface area contributed by atoms with Gasteiger partial charge < -0.3 is 20.1 Å². The fourth-order valence-electron chi connectivity index (χ4n) is 1.23. The van der Waals surface area contributed by atoms with E-state index in [9.17, 15) is 0 Å². The van der Waals surface area contributed by atoms with Crippen molar-refractivity contribution in [3.63, 3.8) is 0 Å². The third-order valence-electron chi connectivity index (χ3n) is 1.93. The molecule has 1 aromatic rings. The van der Waals surface area contributed by atoms with Gasteiger partial charge in [0.15, 0.2) is 0 Å². The molecule has 2 N–H and O–H groups in total. The highest BCUT2D eigenvalue weighted by atomic mass is 16.5. The van der Waals surface area contributed by atoms with E-state index < -0.39 is 0 Å². The fourth-order valence-corrected chi connectivity index (χ4v) is 1.23. The topological polar surface area (TPSA) is 86.4 Å². The minimum atomic E-state index is -0.0200. The zero-order valence-electron chi connectivity index (χ0n) is 11.4. The van der Waals surface area contributed by atoms with E-state index in [2.05, 4.69) is 19.9 Å². The van der Waals surface area contributed by atoms with E-state index in [0.29, 0.717) is 6.61 Å². The van der Waals surface area contributed by atoms with Gasteiger partial charge in [0.1, 0.15) is 0 Å². The summed E-state index contributed by atoms with van der Waals surface area (Å²) in [6.07, 6.45) is 0.868. The van der Waals surface area contributed by atoms with Crippen LogP contribution in [0.4, 0.5) is 5.95 Å². The maximum Gasteiger partial charge on any atom is 0.324 e. The Hall–Kier alpha value is -1.63. The van der Waals surface area contributed by atoms with Gasteiger partial charge in [0.05, 0.1) is 12.7 Å². The Morgan fingerprint density at radius 2 is 1.83 bits per heavy atom. The lowest BCUT2D eigenvalue weighted by molar-refractivity contribution is 0.211. The predicted octanol–water partition coefficient (Wildman–Crippen LogP) is 0.571. The number of hydrogen-bond acceptors (Lipinski definition) is 7. The SMILES string of the molecule is CC(C)Oc1nc(N)nc(OCCCN(C)C)n1. The highest BCUT2D eigenvalue weighted by Crippen LogP contribution is 2.12. The summed E-state index contributed by atoms with van der Waals surface area (Å²) in [6, 6.07) is 0.400. The summed E-state index contributed by atoms with van der Waals surface area (Å²) in [7, 11) is 4.02. The zero-order valence-corrected chi connectivity index (χ0v) is 11.4. The fraction of sp³-hybridized carbons (Fsp3) is 0.727. The van der Waals surface area contributed by atoms with Crippen LogP contribution in [0.15, 0.2) is 0 Å². The molecule has 7 nitrogen and oxygen atoms in total. The Balaban J connectivity index is 2.51. The van der Waals surface area contributed by atoms with Gasteiger partial charge in [-0.1, -0.05) is 0 Å². The molecule has 0 bridgehead atoms. The number of anilines is 1. The summed E-state index contributed by atoms with van der Waals surface area (Å²) in [5.41, 5.74) is 5.56. The predicted molar refractivity (Wildman–Crippen MR) is 68.7 cm³/mol. The molecule has 0 aliphatic carbocycles. The van der Waals surface area contributed by atoms with E-state index >= 15 is 0 Å². The molecular formula is C11H21N5O2. The number of hydrogen-bond donors (Lipinski definition) is 1. The van der Waals surface area contributed by atoms with Gasteiger partial charge >= 0.3 is 12.0 Å². The highest BCUT2D eigenvalue weighted by Gasteiger charge is 2.08. The van der Waals surface area contributed by atoms with Gasteiger partial charge in [-0.25, -0.2) is 0 Å². The number of nitrogens with two attached hydrogens (primary N) is 1. The molecule has 0 aliphatic rings. The van der Waals surface area contributed by atoms with Crippen LogP contribution in [0, 0.1) is 0 Å². The molecule has 0 saturated heterocycles. The first-order valence-electron chi connectivity index (χ1n) is 5.93. The van der Waals surface area contributed by atoms with Crippen LogP contribution >= 0.6 is 0 Å². The van der Waals surface area contributed by atoms with Crippen molar-refractivity contribution in [2.75, 3.05) is 33.0 Å². The second kappa shape index (κ2) is 6.95. The molecule has 0 unspecified atom stereocenters. The van der Waals surface area contributed by atoms with Gasteiger partial charge in [-0.2, -0.15) is 9.97 Å². The monoisotopic (exact) mass is 255 g/mol. The summed E-state index contributed by atoms with van der Waals surface area (Å²) in [5.74, 6) is 0.100. The molecule has 0 saturated carbocycles. The first kappa shape index (κ1) is 14.4. The maximum absolute atomic E-state index is 5.56. The minimum Gasteiger partial charge on any atom is -0.463 e. The summed E-state index contributed by atoms with van der Waals surface area (Å²) >= 11 is 0. The van der Waals surface area contributed by atoms with E-state index in [1.807, 2.05) is 27.9 Å². The van der Waals surface area contributed by atoms with E-state index in [-0.39, 0.29) is 24.1 Å². The summed E-state index contributed by atoms with van der Waals surface area (Å²) in [6.45, 7) is 5.24. The minimum absolute atomic E-state index is 0.0200. The lowest BCUT2D eigenvalue weighted by Crippen LogP contribution is -2.16. The van der Waals surface area contributed by atoms with E-state index in [4.69, 9.17) is 15.2 Å². The largest absolute Gasteiger partial charge is 0.463 e. The first-order chi connectivity index (χ1) is 8.47. The molecule has 18 heavy (non-hydrogen) atoms. The number of aromatic nitrogens is 3. The Bertz CT molecular complexity index is 370. The van der Waals surface area contributed by atoms with Crippen LogP contribution in [0.5, 0.6) is 12.0 Å². The van der Waals surface area contributed by atoms with Gasteiger partial charge in [0.25, 0.3) is 0 Å². The first-order valence-corrected chi connectivity index (χ1v) is 5.93. The van der Waals surface area contributed by atoms with Crippen LogP contribution in [0.3, 0.4) is 0 Å². The quantitative estimate of drug-likeness (QED) is 0.713. The van der Waals surface area contributed by atoms with Gasteiger partial charge in [-0.05, 0) is 34.4 Å². The number of ether oxygens (including phenoxy) is 2. The molecule has 1 heterocycles. The van der Waals surface area contributed by atoms with Crippen molar-refractivity contribution in [3.8, 4) is 12.0 Å². The summed E-state index contributed by atoms with van der Waals surface area (Å²) < 4.78 is 10.8. The molecule has 0 atom stereocenters. The van der Waals surface area contributed by atoms with Gasteiger partial charge in [0.2, 0.25) is 5.95 Å². The molecule has 7 heteroatoms. The van der Waals surface area contributed by atoms with Crippen molar-refractivity contribution in [2.24, 2.45) is 0 Å². The maximum atomic E-state index is 5.56. The summed E-state index contributed by atoms with van der Waals surface area (Å²) in [5, 5.41) is 0. The number of rotatable bonds is 7. The van der Waals surface area contributed by atoms with Crippen molar-refractivity contribution < 1.29 is 9.47 Å². The molecule has 0 radical (unpaired) electrons. The normalized spacial score (nSPS) is 11.0. The summed E-state index contributed by atoms with van der Waals surface area (Å²) in [4.78, 5) is 13.9. The van der Waals surface area contributed by atoms with Crippen LogP contribution in [0.25, 0.3) is 0 Å². The van der Waals surface area contributed by atoms with Crippen LogP contribution in [-0.2, 0) is 0 Å². The average molecular weight is 255 g/mol. The Morgan fingerprint density at radius 1 is 1.17 bits per heavy atom. The Morgan fingerprint density at radius 3 is 2.44 bits per heavy atom. The smallest absolute Gasteiger partial charge is 0.324 e. The number of nitrogen functional groups attached to an aromatic ring is 1.